The number of carbonyl (C=O) groups is 2. The van der Waals surface area contributed by atoms with E-state index in [9.17, 15) is 9.59 Å². The Labute approximate surface area is 128 Å². The first-order chi connectivity index (χ1) is 10.2. The summed E-state index contributed by atoms with van der Waals surface area (Å²) in [6, 6.07) is 9.33. The molecule has 114 valence electrons. The van der Waals surface area contributed by atoms with Crippen LogP contribution in [0.5, 0.6) is 5.75 Å². The Morgan fingerprint density at radius 2 is 2.10 bits per heavy atom. The van der Waals surface area contributed by atoms with Gasteiger partial charge in [-0.25, -0.2) is 5.01 Å². The summed E-state index contributed by atoms with van der Waals surface area (Å²) in [7, 11) is 0. The number of nitrogens with one attached hydrogen (secondary N) is 2. The number of carbonyl (C=O) groups excluding carboxylic acids is 2. The highest BCUT2D eigenvalue weighted by Gasteiger charge is 2.14. The van der Waals surface area contributed by atoms with Gasteiger partial charge in [-0.1, -0.05) is 18.2 Å². The molecule has 2 aliphatic heterocycles. The number of hydrazine groups is 1. The summed E-state index contributed by atoms with van der Waals surface area (Å²) in [4.78, 5) is 21.3. The van der Waals surface area contributed by atoms with E-state index in [0.29, 0.717) is 5.75 Å². The van der Waals surface area contributed by atoms with Crippen LogP contribution in [0.3, 0.4) is 0 Å². The number of amides is 2. The van der Waals surface area contributed by atoms with Crippen molar-refractivity contribution in [2.75, 3.05) is 31.3 Å². The van der Waals surface area contributed by atoms with Crippen LogP contribution < -0.4 is 15.5 Å². The fourth-order valence-corrected chi connectivity index (χ4v) is 2.50. The van der Waals surface area contributed by atoms with Crippen molar-refractivity contribution in [3.8, 4) is 5.75 Å². The molecule has 0 unspecified atom stereocenters. The predicted octanol–water partition coefficient (Wildman–Crippen LogP) is 0.609. The predicted molar refractivity (Wildman–Crippen MR) is 81.7 cm³/mol. The summed E-state index contributed by atoms with van der Waals surface area (Å²) >= 11 is 1.81. The summed E-state index contributed by atoms with van der Waals surface area (Å²) in [5, 5.41) is 4.47. The first-order valence-corrected chi connectivity index (χ1v) is 7.96. The van der Waals surface area contributed by atoms with Gasteiger partial charge >= 0.3 is 0 Å². The molecule has 2 fully saturated rings. The van der Waals surface area contributed by atoms with Crippen molar-refractivity contribution in [3.05, 3.63) is 30.3 Å². The Hall–Kier alpha value is -1.73. The molecule has 0 atom stereocenters. The first kappa shape index (κ1) is 15.7. The minimum atomic E-state index is -0.105. The van der Waals surface area contributed by atoms with E-state index in [2.05, 4.69) is 10.7 Å². The zero-order valence-electron chi connectivity index (χ0n) is 11.7. The lowest BCUT2D eigenvalue weighted by atomic mass is 10.3. The van der Waals surface area contributed by atoms with Crippen molar-refractivity contribution >= 4 is 23.6 Å². The fraction of sp³-hybridized carbons (Fsp3) is 0.429. The average Bonchev–Trinajstić information content (AvgIpc) is 2.98. The maximum absolute atomic E-state index is 11.5. The van der Waals surface area contributed by atoms with Crippen LogP contribution in [-0.2, 0) is 9.59 Å². The first-order valence-electron chi connectivity index (χ1n) is 6.81. The zero-order valence-corrected chi connectivity index (χ0v) is 12.5. The van der Waals surface area contributed by atoms with Crippen molar-refractivity contribution in [1.29, 1.82) is 0 Å². The summed E-state index contributed by atoms with van der Waals surface area (Å²) in [6.07, 6.45) is 0.736. The lowest BCUT2D eigenvalue weighted by Gasteiger charge is -2.15. The van der Waals surface area contributed by atoms with E-state index in [1.165, 1.54) is 0 Å². The molecular weight excluding hydrogens is 290 g/mol. The Kier molecular flexibility index (Phi) is 6.36. The molecule has 0 aliphatic carbocycles. The van der Waals surface area contributed by atoms with Gasteiger partial charge in [0, 0.05) is 25.3 Å². The fourth-order valence-electron chi connectivity index (χ4n) is 1.60. The van der Waals surface area contributed by atoms with E-state index in [-0.39, 0.29) is 18.4 Å². The number of β-lactam (4-membered cyclic amide) rings is 1. The SMILES string of the molecule is O=C(COc1ccccc1)NN1CCSC1.O=C1CCN1. The molecule has 6 nitrogen and oxygen atoms in total. The van der Waals surface area contributed by atoms with Gasteiger partial charge in [0.05, 0.1) is 5.88 Å². The van der Waals surface area contributed by atoms with Crippen LogP contribution in [0.15, 0.2) is 30.3 Å². The maximum Gasteiger partial charge on any atom is 0.272 e. The van der Waals surface area contributed by atoms with Gasteiger partial charge in [-0.2, -0.15) is 0 Å². The van der Waals surface area contributed by atoms with E-state index >= 15 is 0 Å². The molecule has 21 heavy (non-hydrogen) atoms. The molecule has 0 bridgehead atoms. The Balaban J connectivity index is 0.000000272. The van der Waals surface area contributed by atoms with Crippen molar-refractivity contribution in [1.82, 2.24) is 15.8 Å². The second-order valence-electron chi connectivity index (χ2n) is 4.54. The van der Waals surface area contributed by atoms with E-state index in [1.54, 1.807) is 0 Å². The van der Waals surface area contributed by atoms with Gasteiger partial charge in [0.1, 0.15) is 5.75 Å². The van der Waals surface area contributed by atoms with E-state index in [4.69, 9.17) is 4.74 Å². The Bertz CT molecular complexity index is 458. The number of rotatable bonds is 4. The quantitative estimate of drug-likeness (QED) is 0.798. The number of nitrogens with zero attached hydrogens (tertiary/aromatic N) is 1. The van der Waals surface area contributed by atoms with Crippen LogP contribution in [-0.4, -0.2) is 48.1 Å². The van der Waals surface area contributed by atoms with Crippen LogP contribution in [0.25, 0.3) is 0 Å². The molecule has 2 aliphatic rings. The molecule has 2 heterocycles. The third kappa shape index (κ3) is 6.05. The maximum atomic E-state index is 11.5. The van der Waals surface area contributed by atoms with Gasteiger partial charge < -0.3 is 10.1 Å². The number of hydrogen-bond acceptors (Lipinski definition) is 5. The van der Waals surface area contributed by atoms with Gasteiger partial charge in [-0.05, 0) is 12.1 Å². The van der Waals surface area contributed by atoms with Gasteiger partial charge in [-0.15, -0.1) is 11.8 Å². The second-order valence-corrected chi connectivity index (χ2v) is 5.61. The minimum Gasteiger partial charge on any atom is -0.484 e. The van der Waals surface area contributed by atoms with Gasteiger partial charge in [0.2, 0.25) is 5.91 Å². The topological polar surface area (TPSA) is 70.7 Å². The van der Waals surface area contributed by atoms with Crippen molar-refractivity contribution in [3.63, 3.8) is 0 Å². The molecule has 1 aromatic rings. The lowest BCUT2D eigenvalue weighted by Crippen LogP contribution is -2.42. The lowest BCUT2D eigenvalue weighted by molar-refractivity contribution is -0.127. The molecule has 0 spiro atoms. The van der Waals surface area contributed by atoms with E-state index in [1.807, 2.05) is 47.1 Å². The van der Waals surface area contributed by atoms with Crippen LogP contribution in [0, 0.1) is 0 Å². The summed E-state index contributed by atoms with van der Waals surface area (Å²) < 4.78 is 5.33. The number of hydrogen-bond donors (Lipinski definition) is 2. The number of ether oxygens (including phenoxy) is 1. The van der Waals surface area contributed by atoms with Crippen LogP contribution in [0.4, 0.5) is 0 Å². The van der Waals surface area contributed by atoms with Gasteiger partial charge in [0.15, 0.2) is 6.61 Å². The molecule has 0 radical (unpaired) electrons. The highest BCUT2D eigenvalue weighted by atomic mass is 32.2. The molecule has 3 rings (SSSR count). The highest BCUT2D eigenvalue weighted by molar-refractivity contribution is 7.99. The largest absolute Gasteiger partial charge is 0.484 e. The van der Waals surface area contributed by atoms with Crippen molar-refractivity contribution in [2.45, 2.75) is 6.42 Å². The molecule has 2 amide bonds. The van der Waals surface area contributed by atoms with E-state index < -0.39 is 0 Å². The minimum absolute atomic E-state index is 0.0607. The average molecular weight is 309 g/mol. The van der Waals surface area contributed by atoms with Crippen molar-refractivity contribution in [2.24, 2.45) is 0 Å². The summed E-state index contributed by atoms with van der Waals surface area (Å²) in [6.45, 7) is 1.85. The smallest absolute Gasteiger partial charge is 0.272 e. The summed E-state index contributed by atoms with van der Waals surface area (Å²) in [5.74, 6) is 2.72. The third-order valence-corrected chi connectivity index (χ3v) is 3.79. The molecule has 0 saturated carbocycles. The van der Waals surface area contributed by atoms with E-state index in [0.717, 1.165) is 31.1 Å². The second kappa shape index (κ2) is 8.53. The third-order valence-electron chi connectivity index (χ3n) is 2.82. The Morgan fingerprint density at radius 1 is 1.38 bits per heavy atom. The molecule has 2 saturated heterocycles. The normalized spacial score (nSPS) is 17.0. The molecule has 7 heteroatoms. The number of benzene rings is 1. The Morgan fingerprint density at radius 3 is 2.62 bits per heavy atom. The van der Waals surface area contributed by atoms with Gasteiger partial charge in [-0.3, -0.25) is 15.0 Å². The highest BCUT2D eigenvalue weighted by Crippen LogP contribution is 2.10. The van der Waals surface area contributed by atoms with Crippen LogP contribution >= 0.6 is 11.8 Å². The zero-order chi connectivity index (χ0) is 14.9. The van der Waals surface area contributed by atoms with Crippen molar-refractivity contribution < 1.29 is 14.3 Å². The number of thioether (sulfide) groups is 1. The van der Waals surface area contributed by atoms with Gasteiger partial charge in [0.25, 0.3) is 5.91 Å². The monoisotopic (exact) mass is 309 g/mol. The standard InChI is InChI=1S/C11H14N2O2S.C3H5NO/c14-11(12-13-6-7-16-9-13)8-15-10-4-2-1-3-5-10;5-3-1-2-4-3/h1-5H,6-9H2,(H,12,14);1-2H2,(H,4,5). The number of para-hydroxylation sites is 1. The molecule has 2 N–H and O–H groups in total. The molecule has 1 aromatic carbocycles. The van der Waals surface area contributed by atoms with Crippen LogP contribution in [0.2, 0.25) is 0 Å². The molecular formula is C14H19N3O3S. The van der Waals surface area contributed by atoms with Crippen LogP contribution in [0.1, 0.15) is 6.42 Å². The summed E-state index contributed by atoms with van der Waals surface area (Å²) in [5.41, 5.74) is 2.80. The molecule has 0 aromatic heterocycles.